The number of nitrogens with one attached hydrogen (secondary N) is 4. The van der Waals surface area contributed by atoms with E-state index in [0.29, 0.717) is 68.7 Å². The van der Waals surface area contributed by atoms with Gasteiger partial charge < -0.3 is 74.7 Å². The number of Topliss-reactive ketones (excluding diaryl/α,β-unsaturated/α-hetero) is 1. The van der Waals surface area contributed by atoms with E-state index < -0.39 is 123 Å². The Morgan fingerprint density at radius 2 is 1.57 bits per heavy atom. The molecule has 9 rings (SSSR count). The molecule has 101 heavy (non-hydrogen) atoms. The first kappa shape index (κ1) is 75.5. The number of benzene rings is 4. The molecular formula is C74H91N7O20. The highest BCUT2D eigenvalue weighted by molar-refractivity contribution is 6.17. The molecular weight excluding hydrogens is 1310 g/mol. The number of alkyl carbamates (subject to hydrolysis) is 1. The first-order valence-corrected chi connectivity index (χ1v) is 34.2. The smallest absolute Gasteiger partial charge is 0.407 e. The lowest BCUT2D eigenvalue weighted by Gasteiger charge is -2.38. The molecule has 6 amide bonds. The van der Waals surface area contributed by atoms with Crippen molar-refractivity contribution in [3.63, 3.8) is 0 Å². The van der Waals surface area contributed by atoms with E-state index >= 15 is 4.79 Å². The zero-order valence-electron chi connectivity index (χ0n) is 58.9. The molecule has 4 aliphatic rings. The quantitative estimate of drug-likeness (QED) is 0.0139. The second kappa shape index (κ2) is 31.9. The van der Waals surface area contributed by atoms with Crippen LogP contribution in [0.5, 0.6) is 11.5 Å². The topological polar surface area (TPSA) is 378 Å². The molecule has 4 aromatic carbocycles. The van der Waals surface area contributed by atoms with Crippen LogP contribution in [0, 0.1) is 42.4 Å². The Hall–Kier alpha value is -9.73. The molecule has 27 heteroatoms. The van der Waals surface area contributed by atoms with Crippen molar-refractivity contribution >= 4 is 103 Å². The third kappa shape index (κ3) is 16.7. The number of likely N-dealkylation sites (tertiary alicyclic amines) is 1. The van der Waals surface area contributed by atoms with E-state index in [2.05, 4.69) is 21.3 Å². The number of ketones is 1. The van der Waals surface area contributed by atoms with Crippen molar-refractivity contribution in [1.82, 2.24) is 20.5 Å². The largest absolute Gasteiger partial charge is 0.507 e. The third-order valence-electron chi connectivity index (χ3n) is 19.8. The average Bonchev–Trinajstić information content (AvgIpc) is 1.67. The number of unbranched alkanes of at least 4 members (excludes halogenated alkanes) is 2. The van der Waals surface area contributed by atoms with Crippen molar-refractivity contribution in [1.29, 1.82) is 0 Å². The number of rotatable bonds is 18. The first-order chi connectivity index (χ1) is 47.8. The van der Waals surface area contributed by atoms with Crippen LogP contribution in [0.2, 0.25) is 0 Å². The Morgan fingerprint density at radius 3 is 2.24 bits per heavy atom. The predicted molar refractivity (Wildman–Crippen MR) is 374 cm³/mol. The van der Waals surface area contributed by atoms with Gasteiger partial charge in [-0.05, 0) is 70.2 Å². The van der Waals surface area contributed by atoms with Gasteiger partial charge in [0, 0.05) is 141 Å². The van der Waals surface area contributed by atoms with Crippen molar-refractivity contribution in [2.75, 3.05) is 42.3 Å². The molecule has 0 radical (unpaired) electrons. The number of ether oxygens (including phenoxy) is 5. The van der Waals surface area contributed by atoms with Gasteiger partial charge in [0.05, 0.1) is 41.2 Å². The first-order valence-electron chi connectivity index (χ1n) is 34.2. The fourth-order valence-electron chi connectivity index (χ4n) is 13.4. The summed E-state index contributed by atoms with van der Waals surface area (Å²) in [5.41, 5.74) is -1.30. The highest BCUT2D eigenvalue weighted by Gasteiger charge is 2.45. The summed E-state index contributed by atoms with van der Waals surface area (Å²) in [6, 6.07) is 8.41. The number of aromatic nitrogens is 1. The van der Waals surface area contributed by atoms with Crippen LogP contribution >= 0.6 is 0 Å². The number of piperidine rings is 1. The minimum atomic E-state index is -2.06. The highest BCUT2D eigenvalue weighted by Crippen LogP contribution is 2.43. The van der Waals surface area contributed by atoms with Crippen molar-refractivity contribution in [2.24, 2.45) is 35.5 Å². The Morgan fingerprint density at radius 1 is 0.871 bits per heavy atom. The average molecular weight is 1400 g/mol. The van der Waals surface area contributed by atoms with E-state index in [1.165, 1.54) is 64.2 Å². The Kier molecular flexibility index (Phi) is 23.8. The van der Waals surface area contributed by atoms with Gasteiger partial charge in [0.15, 0.2) is 28.2 Å². The third-order valence-corrected chi connectivity index (χ3v) is 19.8. The van der Waals surface area contributed by atoms with E-state index in [4.69, 9.17) is 33.1 Å². The summed E-state index contributed by atoms with van der Waals surface area (Å²) in [6.45, 7) is 18.2. The molecule has 1 aromatic heterocycles. The molecule has 8 N–H and O–H groups in total. The van der Waals surface area contributed by atoms with Crippen LogP contribution in [0.25, 0.3) is 38.7 Å². The number of esters is 1. The zero-order chi connectivity index (χ0) is 73.6. The van der Waals surface area contributed by atoms with Gasteiger partial charge in [0.2, 0.25) is 34.5 Å². The summed E-state index contributed by atoms with van der Waals surface area (Å²) >= 11 is 0. The van der Waals surface area contributed by atoms with Crippen LogP contribution in [0.15, 0.2) is 86.5 Å². The molecule has 3 unspecified atom stereocenters. The van der Waals surface area contributed by atoms with Gasteiger partial charge in [0.25, 0.3) is 5.91 Å². The van der Waals surface area contributed by atoms with Crippen LogP contribution in [0.3, 0.4) is 0 Å². The van der Waals surface area contributed by atoms with Crippen LogP contribution in [0.4, 0.5) is 21.9 Å². The van der Waals surface area contributed by atoms with Gasteiger partial charge in [-0.15, -0.1) is 0 Å². The number of allylic oxidation sites excluding steroid dienone is 2. The molecule has 0 spiro atoms. The standard InChI is InChI=1S/C74H91N7O20/c1-36-17-16-18-37(2)70(92)79-61-65(90)57-56(58-67(43(8)64(57)89)101-74(11,69(58)91)98-30-26-52(96-12)40(5)66(99-45(10)82)42(7)63(88)41(6)62(36)87)60-68(61)100-53-34-49(33-51(84)59(53)78-60)80-28-24-48(25-29-80)77-73(95)97-35-46-20-22-47(23-21-46)76-71(93)38(3)31-50(83)44(9)75-54(85)19-14-13-15-27-81-55(86)32-39(4)72(81)94/h16-18,20-23,26,30,33-34,36,38-42,44,48,52,62-63,66,87-89,91H,13-15,19,24-25,27-29,31-32,35H2,1-12H3,(H,75,85)(H,76,93)(H,77,95)(H,79,92)/b17-16+,30-26+,37-18-/t36-,38?,39?,40+,41+,42+,44?,52-,62-,63+,66+,74-/m0/s1. The van der Waals surface area contributed by atoms with E-state index in [-0.39, 0.29) is 111 Å². The van der Waals surface area contributed by atoms with Crippen molar-refractivity contribution in [3.8, 4) is 11.5 Å². The number of phenolic OH excluding ortho intramolecular Hbond substituents is 1. The molecule has 0 saturated carbocycles. The van der Waals surface area contributed by atoms with Gasteiger partial charge in [-0.3, -0.25) is 48.1 Å². The molecule has 5 aromatic rings. The number of fused-ring (bicyclic) bond motifs is 2. The number of hydrogen-bond acceptors (Lipinski definition) is 22. The number of carbonyl (C=O) groups is 8. The van der Waals surface area contributed by atoms with Crippen LogP contribution in [0.1, 0.15) is 132 Å². The summed E-state index contributed by atoms with van der Waals surface area (Å²) in [5.74, 6) is -9.90. The van der Waals surface area contributed by atoms with E-state index in [0.717, 1.165) is 0 Å². The number of aromatic hydroxyl groups is 1. The molecule has 542 valence electrons. The highest BCUT2D eigenvalue weighted by atomic mass is 16.7. The Bertz CT molecular complexity index is 4330. The molecule has 2 fully saturated rings. The zero-order valence-corrected chi connectivity index (χ0v) is 58.9. The molecule has 5 heterocycles. The maximum atomic E-state index is 15.1. The number of aliphatic hydroxyl groups excluding tert-OH is 3. The van der Waals surface area contributed by atoms with Crippen molar-refractivity contribution in [3.05, 3.63) is 109 Å². The fourth-order valence-corrected chi connectivity index (χ4v) is 13.4. The number of amides is 6. The summed E-state index contributed by atoms with van der Waals surface area (Å²) in [4.78, 5) is 140. The Labute approximate surface area is 583 Å². The molecule has 0 aliphatic carbocycles. The summed E-state index contributed by atoms with van der Waals surface area (Å²) < 4.78 is 36.2. The minimum absolute atomic E-state index is 0.0000825. The number of nitrogens with zero attached hydrogens (tertiary/aromatic N) is 3. The second-order valence-corrected chi connectivity index (χ2v) is 27.4. The minimum Gasteiger partial charge on any atom is -0.507 e. The van der Waals surface area contributed by atoms with E-state index in [9.17, 15) is 63.6 Å². The SMILES string of the molecule is CO[C@H]1/C=C/O[C@@]2(C)Oc3c(C)c(O)c4c(=O)c(c5oc6cc(N7CCC(NC(=O)OCc8ccc(NC(=O)C(C)CC(=O)C(C)NC(=O)CCCCCN9C(=O)CC(C)C9=O)cc8)CC7)cc(=O)c6nc5c4c3=C2O)NC(=O)/C(C)=C\C=C\[C@H](C)[C@H](O)[C@@H](C)[C@@H](O)[C@@H](C)[C@H](OC(C)=O)[C@@H]1C. The van der Waals surface area contributed by atoms with E-state index in [1.54, 1.807) is 91.0 Å². The molecule has 4 aliphatic heterocycles. The predicted octanol–water partition coefficient (Wildman–Crippen LogP) is 7.45. The van der Waals surface area contributed by atoms with Crippen LogP contribution in [-0.4, -0.2) is 147 Å². The van der Waals surface area contributed by atoms with Gasteiger partial charge >= 0.3 is 17.8 Å². The lowest BCUT2D eigenvalue weighted by Crippen LogP contribution is -2.46. The normalized spacial score (nSPS) is 25.6. The van der Waals surface area contributed by atoms with Gasteiger partial charge in [0.1, 0.15) is 35.4 Å². The molecule has 12 atom stereocenters. The van der Waals surface area contributed by atoms with Crippen molar-refractivity contribution in [2.45, 2.75) is 176 Å². The van der Waals surface area contributed by atoms with Gasteiger partial charge in [-0.1, -0.05) is 78.3 Å². The maximum Gasteiger partial charge on any atom is 0.407 e. The number of methoxy groups -OCH3 is 1. The number of aliphatic hydroxyl groups is 3. The van der Waals surface area contributed by atoms with Gasteiger partial charge in [-0.25, -0.2) is 9.78 Å². The van der Waals surface area contributed by atoms with Gasteiger partial charge in [-0.2, -0.15) is 0 Å². The molecule has 2 saturated heterocycles. The maximum absolute atomic E-state index is 15.1. The van der Waals surface area contributed by atoms with E-state index in [1.807, 2.05) is 4.90 Å². The number of hydrogen-bond donors (Lipinski definition) is 8. The molecule has 4 bridgehead atoms. The number of carbonyl (C=O) groups excluding carboxylic acids is 8. The van der Waals surface area contributed by atoms with Crippen LogP contribution < -0.4 is 47.0 Å². The van der Waals surface area contributed by atoms with Crippen LogP contribution in [-0.2, 0) is 59.1 Å². The number of imide groups is 1. The number of anilines is 3. The molecule has 27 nitrogen and oxygen atoms in total. The Balaban J connectivity index is 0.874. The summed E-state index contributed by atoms with van der Waals surface area (Å²) in [7, 11) is 1.42. The fraction of sp³-hybridized carbons (Fsp3) is 0.500. The van der Waals surface area contributed by atoms with Crippen molar-refractivity contribution < 1.29 is 86.9 Å². The summed E-state index contributed by atoms with van der Waals surface area (Å²) in [6.07, 6.45) is 5.36. The monoisotopic (exact) mass is 1400 g/mol. The second-order valence-electron chi connectivity index (χ2n) is 27.4. The lowest BCUT2D eigenvalue weighted by atomic mass is 9.78. The summed E-state index contributed by atoms with van der Waals surface area (Å²) in [5, 5.41) is 57.9. The lowest BCUT2D eigenvalue weighted by molar-refractivity contribution is -0.160. The number of phenols is 1.